The summed E-state index contributed by atoms with van der Waals surface area (Å²) in [6.45, 7) is 0. The van der Waals surface area contributed by atoms with Crippen LogP contribution in [0.25, 0.3) is 5.76 Å². The van der Waals surface area contributed by atoms with Gasteiger partial charge in [-0.1, -0.05) is 48.5 Å². The third-order valence-electron chi connectivity index (χ3n) is 4.32. The fraction of sp³-hybridized carbons (Fsp3) is 0.0500. The molecule has 5 nitrogen and oxygen atoms in total. The topological polar surface area (TPSA) is 70.5 Å². The first-order chi connectivity index (χ1) is 13.1. The molecule has 0 radical (unpaired) electrons. The third-order valence-corrected chi connectivity index (χ3v) is 5.09. The van der Waals surface area contributed by atoms with Crippen LogP contribution >= 0.6 is 11.3 Å². The molecule has 2 heterocycles. The second-order valence-electron chi connectivity index (χ2n) is 5.87. The van der Waals surface area contributed by atoms with E-state index >= 15 is 0 Å². The summed E-state index contributed by atoms with van der Waals surface area (Å²) in [5.74, 6) is -2.65. The third kappa shape index (κ3) is 2.82. The summed E-state index contributed by atoms with van der Waals surface area (Å²) >= 11 is 1.15. The van der Waals surface area contributed by atoms with Crippen LogP contribution < -0.4 is 4.90 Å². The average Bonchev–Trinajstić information content (AvgIpc) is 3.30. The summed E-state index contributed by atoms with van der Waals surface area (Å²) in [4.78, 5) is 30.7. The molecule has 3 aromatic rings. The van der Waals surface area contributed by atoms with E-state index in [1.54, 1.807) is 41.8 Å². The number of rotatable bonds is 3. The highest BCUT2D eigenvalue weighted by Gasteiger charge is 2.48. The van der Waals surface area contributed by atoms with Crippen molar-refractivity contribution in [2.45, 2.75) is 6.04 Å². The van der Waals surface area contributed by atoms with Crippen molar-refractivity contribution < 1.29 is 19.1 Å². The Morgan fingerprint density at radius 2 is 1.78 bits per heavy atom. The largest absolute Gasteiger partial charge is 0.507 e. The molecule has 27 heavy (non-hydrogen) atoms. The fourth-order valence-corrected chi connectivity index (χ4v) is 3.77. The quantitative estimate of drug-likeness (QED) is 0.425. The van der Waals surface area contributed by atoms with Crippen molar-refractivity contribution in [3.8, 4) is 0 Å². The number of Topliss-reactive ketones (excluding diaryl/α,β-unsaturated/α-hetero) is 1. The van der Waals surface area contributed by atoms with Crippen molar-refractivity contribution in [2.24, 2.45) is 0 Å². The number of carbonyl (C=O) groups is 2. The lowest BCUT2D eigenvalue weighted by molar-refractivity contribution is -0.132. The Bertz CT molecular complexity index is 1050. The van der Waals surface area contributed by atoms with E-state index in [2.05, 4.69) is 4.98 Å². The van der Waals surface area contributed by atoms with Gasteiger partial charge in [-0.3, -0.25) is 14.5 Å². The Labute approximate surface area is 158 Å². The second kappa shape index (κ2) is 6.77. The molecule has 0 aliphatic carbocycles. The summed E-state index contributed by atoms with van der Waals surface area (Å²) in [5.41, 5.74) is 0.326. The SMILES string of the molecule is O=C1C(=O)N(c2nccs2)[C@@H](c2ccccc2F)/C1=C(\O)c1ccccc1. The number of aromatic nitrogens is 1. The molecule has 0 bridgehead atoms. The number of amides is 1. The lowest BCUT2D eigenvalue weighted by Crippen LogP contribution is -2.29. The van der Waals surface area contributed by atoms with E-state index in [1.165, 1.54) is 24.4 Å². The van der Waals surface area contributed by atoms with Gasteiger partial charge in [-0.05, 0) is 6.07 Å². The minimum atomic E-state index is -1.10. The number of aliphatic hydroxyl groups is 1. The minimum absolute atomic E-state index is 0.115. The van der Waals surface area contributed by atoms with Crippen molar-refractivity contribution in [1.82, 2.24) is 4.98 Å². The summed E-state index contributed by atoms with van der Waals surface area (Å²) in [5, 5.41) is 12.7. The Hall–Kier alpha value is -3.32. The molecule has 1 fully saturated rings. The molecule has 0 saturated carbocycles. The van der Waals surface area contributed by atoms with Crippen molar-refractivity contribution in [1.29, 1.82) is 0 Å². The molecule has 0 spiro atoms. The first-order valence-electron chi connectivity index (χ1n) is 8.10. The predicted octanol–water partition coefficient (Wildman–Crippen LogP) is 3.91. The molecule has 4 rings (SSSR count). The number of hydrogen-bond acceptors (Lipinski definition) is 5. The molecule has 134 valence electrons. The first-order valence-corrected chi connectivity index (χ1v) is 8.98. The monoisotopic (exact) mass is 380 g/mol. The molecule has 2 aromatic carbocycles. The zero-order chi connectivity index (χ0) is 19.0. The standard InChI is InChI=1S/C20H13FN2O3S/c21-14-9-5-4-8-13(14)16-15(17(24)12-6-2-1-3-7-12)18(25)19(26)23(16)20-22-10-11-27-20/h1-11,16,24H/b17-15+/t16-/m0/s1. The lowest BCUT2D eigenvalue weighted by Gasteiger charge is -2.23. The summed E-state index contributed by atoms with van der Waals surface area (Å²) < 4.78 is 14.6. The normalized spacial score (nSPS) is 18.9. The van der Waals surface area contributed by atoms with E-state index in [0.717, 1.165) is 16.2 Å². The van der Waals surface area contributed by atoms with E-state index in [4.69, 9.17) is 0 Å². The lowest BCUT2D eigenvalue weighted by atomic mass is 9.95. The molecule has 1 saturated heterocycles. The van der Waals surface area contributed by atoms with Crippen LogP contribution in [0.5, 0.6) is 0 Å². The number of nitrogens with zero attached hydrogens (tertiary/aromatic N) is 2. The van der Waals surface area contributed by atoms with Gasteiger partial charge in [0.15, 0.2) is 5.13 Å². The first kappa shape index (κ1) is 17.1. The van der Waals surface area contributed by atoms with Crippen LogP contribution in [0.4, 0.5) is 9.52 Å². The van der Waals surface area contributed by atoms with Gasteiger partial charge in [0.1, 0.15) is 17.6 Å². The highest BCUT2D eigenvalue weighted by molar-refractivity contribution is 7.14. The molecule has 1 aliphatic rings. The number of carbonyl (C=O) groups excluding carboxylic acids is 2. The molecular formula is C20H13FN2O3S. The Morgan fingerprint density at radius 3 is 2.44 bits per heavy atom. The predicted molar refractivity (Wildman–Crippen MR) is 99.7 cm³/mol. The Kier molecular flexibility index (Phi) is 4.29. The van der Waals surface area contributed by atoms with Crippen molar-refractivity contribution in [3.63, 3.8) is 0 Å². The molecule has 1 atom stereocenters. The highest BCUT2D eigenvalue weighted by Crippen LogP contribution is 2.43. The van der Waals surface area contributed by atoms with E-state index < -0.39 is 23.5 Å². The maximum atomic E-state index is 14.6. The van der Waals surface area contributed by atoms with Gasteiger partial charge in [-0.25, -0.2) is 9.37 Å². The highest BCUT2D eigenvalue weighted by atomic mass is 32.1. The zero-order valence-electron chi connectivity index (χ0n) is 13.9. The van der Waals surface area contributed by atoms with E-state index in [0.29, 0.717) is 5.56 Å². The second-order valence-corrected chi connectivity index (χ2v) is 6.74. The summed E-state index contributed by atoms with van der Waals surface area (Å²) in [7, 11) is 0. The van der Waals surface area contributed by atoms with Gasteiger partial charge >= 0.3 is 5.91 Å². The van der Waals surface area contributed by atoms with Gasteiger partial charge in [0.2, 0.25) is 0 Å². The van der Waals surface area contributed by atoms with Crippen molar-refractivity contribution in [2.75, 3.05) is 4.90 Å². The van der Waals surface area contributed by atoms with Crippen molar-refractivity contribution in [3.05, 3.63) is 88.7 Å². The smallest absolute Gasteiger partial charge is 0.301 e. The number of halogens is 1. The number of benzene rings is 2. The maximum Gasteiger partial charge on any atom is 0.301 e. The van der Waals surface area contributed by atoms with Crippen LogP contribution in [0, 0.1) is 5.82 Å². The molecule has 1 aliphatic heterocycles. The molecule has 1 amide bonds. The van der Waals surface area contributed by atoms with Crippen LogP contribution in [0.15, 0.2) is 71.7 Å². The average molecular weight is 380 g/mol. The molecule has 0 unspecified atom stereocenters. The Balaban J connectivity index is 1.98. The minimum Gasteiger partial charge on any atom is -0.507 e. The maximum absolute atomic E-state index is 14.6. The summed E-state index contributed by atoms with van der Waals surface area (Å²) in [6, 6.07) is 13.2. The fourth-order valence-electron chi connectivity index (χ4n) is 3.11. The number of anilines is 1. The molecule has 1 aromatic heterocycles. The number of thiazole rings is 1. The number of aliphatic hydroxyl groups excluding tert-OH is 1. The number of ketones is 1. The Morgan fingerprint density at radius 1 is 1.07 bits per heavy atom. The molecule has 7 heteroatoms. The van der Waals surface area contributed by atoms with Gasteiger partial charge in [0, 0.05) is 22.7 Å². The van der Waals surface area contributed by atoms with Gasteiger partial charge in [-0.2, -0.15) is 0 Å². The summed E-state index contributed by atoms with van der Waals surface area (Å²) in [6.07, 6.45) is 1.49. The van der Waals surface area contributed by atoms with Gasteiger partial charge in [0.05, 0.1) is 5.57 Å². The van der Waals surface area contributed by atoms with E-state index in [1.807, 2.05) is 0 Å². The zero-order valence-corrected chi connectivity index (χ0v) is 14.7. The van der Waals surface area contributed by atoms with E-state index in [-0.39, 0.29) is 22.0 Å². The molecular weight excluding hydrogens is 367 g/mol. The van der Waals surface area contributed by atoms with Gasteiger partial charge < -0.3 is 5.11 Å². The van der Waals surface area contributed by atoms with Gasteiger partial charge in [0.25, 0.3) is 5.78 Å². The van der Waals surface area contributed by atoms with Gasteiger partial charge in [-0.15, -0.1) is 11.3 Å². The van der Waals surface area contributed by atoms with Crippen LogP contribution in [0.3, 0.4) is 0 Å². The van der Waals surface area contributed by atoms with Crippen LogP contribution in [0.1, 0.15) is 17.2 Å². The van der Waals surface area contributed by atoms with Crippen LogP contribution in [-0.2, 0) is 9.59 Å². The molecule has 1 N–H and O–H groups in total. The van der Waals surface area contributed by atoms with Crippen molar-refractivity contribution >= 4 is 33.9 Å². The van der Waals surface area contributed by atoms with Crippen LogP contribution in [0.2, 0.25) is 0 Å². The van der Waals surface area contributed by atoms with Crippen LogP contribution in [-0.4, -0.2) is 21.8 Å². The van der Waals surface area contributed by atoms with E-state index in [9.17, 15) is 19.1 Å². The number of hydrogen-bond donors (Lipinski definition) is 1.